The monoisotopic (exact) mass is 225 g/mol. The molecular formula is C16H19N. The number of anilines is 1. The first-order valence-corrected chi connectivity index (χ1v) is 6.10. The highest BCUT2D eigenvalue weighted by Crippen LogP contribution is 2.23. The number of nitrogens with two attached hydrogens (primary N) is 1. The van der Waals surface area contributed by atoms with Crippen LogP contribution in [0.2, 0.25) is 0 Å². The minimum absolute atomic E-state index is 0.686. The van der Waals surface area contributed by atoms with E-state index >= 15 is 0 Å². The highest BCUT2D eigenvalue weighted by molar-refractivity contribution is 5.67. The normalized spacial score (nSPS) is 10.8. The van der Waals surface area contributed by atoms with Crippen molar-refractivity contribution in [3.8, 4) is 11.1 Å². The van der Waals surface area contributed by atoms with Crippen molar-refractivity contribution in [3.05, 3.63) is 54.1 Å². The fourth-order valence-corrected chi connectivity index (χ4v) is 2.07. The minimum Gasteiger partial charge on any atom is -0.399 e. The van der Waals surface area contributed by atoms with Crippen molar-refractivity contribution in [1.29, 1.82) is 0 Å². The van der Waals surface area contributed by atoms with Crippen molar-refractivity contribution in [2.45, 2.75) is 20.3 Å². The van der Waals surface area contributed by atoms with E-state index < -0.39 is 0 Å². The summed E-state index contributed by atoms with van der Waals surface area (Å²) < 4.78 is 0. The average Bonchev–Trinajstić information content (AvgIpc) is 2.28. The van der Waals surface area contributed by atoms with Crippen molar-refractivity contribution in [2.24, 2.45) is 5.92 Å². The molecule has 0 fully saturated rings. The Bertz CT molecular complexity index is 500. The smallest absolute Gasteiger partial charge is 0.0320 e. The van der Waals surface area contributed by atoms with E-state index in [1.807, 2.05) is 18.2 Å². The van der Waals surface area contributed by atoms with E-state index in [0.717, 1.165) is 12.1 Å². The second-order valence-corrected chi connectivity index (χ2v) is 4.92. The van der Waals surface area contributed by atoms with Gasteiger partial charge in [-0.05, 0) is 41.2 Å². The van der Waals surface area contributed by atoms with Crippen molar-refractivity contribution in [1.82, 2.24) is 0 Å². The summed E-state index contributed by atoms with van der Waals surface area (Å²) >= 11 is 0. The van der Waals surface area contributed by atoms with Crippen LogP contribution in [0.5, 0.6) is 0 Å². The first-order valence-electron chi connectivity index (χ1n) is 6.10. The van der Waals surface area contributed by atoms with E-state index in [-0.39, 0.29) is 0 Å². The standard InChI is InChI=1S/C16H19N/c1-12(2)9-13-5-3-6-14(10-13)15-7-4-8-16(17)11-15/h3-8,10-12H,9,17H2,1-2H3. The van der Waals surface area contributed by atoms with Crippen LogP contribution in [0, 0.1) is 5.92 Å². The molecular weight excluding hydrogens is 206 g/mol. The van der Waals surface area contributed by atoms with Crippen LogP contribution in [0.25, 0.3) is 11.1 Å². The van der Waals surface area contributed by atoms with Crippen molar-refractivity contribution in [3.63, 3.8) is 0 Å². The maximum absolute atomic E-state index is 5.81. The molecule has 2 N–H and O–H groups in total. The third kappa shape index (κ3) is 3.10. The Morgan fingerprint density at radius 2 is 1.59 bits per heavy atom. The largest absolute Gasteiger partial charge is 0.399 e. The number of hydrogen-bond donors (Lipinski definition) is 1. The van der Waals surface area contributed by atoms with E-state index in [0.29, 0.717) is 5.92 Å². The molecule has 2 aromatic rings. The summed E-state index contributed by atoms with van der Waals surface area (Å²) in [5.74, 6) is 0.686. The number of hydrogen-bond acceptors (Lipinski definition) is 1. The van der Waals surface area contributed by atoms with E-state index in [1.54, 1.807) is 0 Å². The molecule has 88 valence electrons. The molecule has 0 bridgehead atoms. The molecule has 0 aromatic heterocycles. The molecule has 1 heteroatoms. The van der Waals surface area contributed by atoms with Gasteiger partial charge in [0.2, 0.25) is 0 Å². The average molecular weight is 225 g/mol. The zero-order valence-electron chi connectivity index (χ0n) is 10.5. The van der Waals surface area contributed by atoms with Gasteiger partial charge in [-0.3, -0.25) is 0 Å². The molecule has 2 aromatic carbocycles. The molecule has 17 heavy (non-hydrogen) atoms. The predicted octanol–water partition coefficient (Wildman–Crippen LogP) is 4.13. The van der Waals surface area contributed by atoms with Crippen LogP contribution in [-0.2, 0) is 6.42 Å². The van der Waals surface area contributed by atoms with Gasteiger partial charge in [-0.1, -0.05) is 50.2 Å². The van der Waals surface area contributed by atoms with Gasteiger partial charge in [-0.25, -0.2) is 0 Å². The highest BCUT2D eigenvalue weighted by Gasteiger charge is 2.01. The SMILES string of the molecule is CC(C)Cc1cccc(-c2cccc(N)c2)c1. The lowest BCUT2D eigenvalue weighted by molar-refractivity contribution is 0.647. The molecule has 0 heterocycles. The van der Waals surface area contributed by atoms with Crippen LogP contribution in [0.3, 0.4) is 0 Å². The summed E-state index contributed by atoms with van der Waals surface area (Å²) in [5, 5.41) is 0. The maximum Gasteiger partial charge on any atom is 0.0320 e. The van der Waals surface area contributed by atoms with E-state index in [2.05, 4.69) is 44.2 Å². The van der Waals surface area contributed by atoms with Gasteiger partial charge >= 0.3 is 0 Å². The molecule has 0 aliphatic rings. The molecule has 1 nitrogen and oxygen atoms in total. The summed E-state index contributed by atoms with van der Waals surface area (Å²) in [7, 11) is 0. The third-order valence-corrected chi connectivity index (χ3v) is 2.79. The molecule has 0 saturated heterocycles. The zero-order chi connectivity index (χ0) is 12.3. The van der Waals surface area contributed by atoms with Gasteiger partial charge in [-0.2, -0.15) is 0 Å². The molecule has 0 spiro atoms. The molecule has 2 rings (SSSR count). The summed E-state index contributed by atoms with van der Waals surface area (Å²) in [6.45, 7) is 4.49. The predicted molar refractivity (Wildman–Crippen MR) is 74.8 cm³/mol. The van der Waals surface area contributed by atoms with Gasteiger partial charge in [-0.15, -0.1) is 0 Å². The second kappa shape index (κ2) is 5.05. The van der Waals surface area contributed by atoms with Crippen molar-refractivity contribution in [2.75, 3.05) is 5.73 Å². The van der Waals surface area contributed by atoms with Crippen molar-refractivity contribution >= 4 is 5.69 Å². The first-order chi connectivity index (χ1) is 8.15. The van der Waals surface area contributed by atoms with E-state index in [4.69, 9.17) is 5.73 Å². The van der Waals surface area contributed by atoms with Gasteiger partial charge in [0.25, 0.3) is 0 Å². The zero-order valence-corrected chi connectivity index (χ0v) is 10.5. The maximum atomic E-state index is 5.81. The van der Waals surface area contributed by atoms with Crippen LogP contribution in [-0.4, -0.2) is 0 Å². The molecule has 0 aliphatic carbocycles. The number of benzene rings is 2. The van der Waals surface area contributed by atoms with Gasteiger partial charge in [0.1, 0.15) is 0 Å². The molecule has 0 atom stereocenters. The first kappa shape index (κ1) is 11.7. The summed E-state index contributed by atoms with van der Waals surface area (Å²) in [6.07, 6.45) is 1.12. The van der Waals surface area contributed by atoms with Crippen LogP contribution >= 0.6 is 0 Å². The van der Waals surface area contributed by atoms with Gasteiger partial charge in [0.15, 0.2) is 0 Å². The number of nitrogen functional groups attached to an aromatic ring is 1. The van der Waals surface area contributed by atoms with Crippen LogP contribution in [0.4, 0.5) is 5.69 Å². The quantitative estimate of drug-likeness (QED) is 0.781. The Balaban J connectivity index is 2.33. The molecule has 0 aliphatic heterocycles. The Kier molecular flexibility index (Phi) is 3.48. The van der Waals surface area contributed by atoms with Gasteiger partial charge in [0.05, 0.1) is 0 Å². The van der Waals surface area contributed by atoms with Crippen molar-refractivity contribution < 1.29 is 0 Å². The topological polar surface area (TPSA) is 26.0 Å². The lowest BCUT2D eigenvalue weighted by atomic mass is 9.98. The van der Waals surface area contributed by atoms with E-state index in [9.17, 15) is 0 Å². The Labute approximate surface area is 103 Å². The summed E-state index contributed by atoms with van der Waals surface area (Å²) in [4.78, 5) is 0. The Hall–Kier alpha value is -1.76. The van der Waals surface area contributed by atoms with E-state index in [1.165, 1.54) is 16.7 Å². The fourth-order valence-electron chi connectivity index (χ4n) is 2.07. The fraction of sp³-hybridized carbons (Fsp3) is 0.250. The molecule has 0 saturated carbocycles. The highest BCUT2D eigenvalue weighted by atomic mass is 14.5. The molecule has 0 amide bonds. The van der Waals surface area contributed by atoms with Gasteiger partial charge < -0.3 is 5.73 Å². The number of rotatable bonds is 3. The summed E-state index contributed by atoms with van der Waals surface area (Å²) in [6, 6.07) is 16.7. The minimum atomic E-state index is 0.686. The summed E-state index contributed by atoms with van der Waals surface area (Å²) in [5.41, 5.74) is 10.5. The van der Waals surface area contributed by atoms with Gasteiger partial charge in [0, 0.05) is 5.69 Å². The third-order valence-electron chi connectivity index (χ3n) is 2.79. The second-order valence-electron chi connectivity index (χ2n) is 4.92. The molecule has 0 radical (unpaired) electrons. The van der Waals surface area contributed by atoms with Crippen LogP contribution in [0.1, 0.15) is 19.4 Å². The lowest BCUT2D eigenvalue weighted by Gasteiger charge is -2.08. The Morgan fingerprint density at radius 3 is 2.24 bits per heavy atom. The molecule has 0 unspecified atom stereocenters. The van der Waals surface area contributed by atoms with Crippen LogP contribution < -0.4 is 5.73 Å². The van der Waals surface area contributed by atoms with Crippen LogP contribution in [0.15, 0.2) is 48.5 Å². The lowest BCUT2D eigenvalue weighted by Crippen LogP contribution is -1.94. The Morgan fingerprint density at radius 1 is 0.941 bits per heavy atom.